The quantitative estimate of drug-likeness (QED) is 0.528. The number of aromatic nitrogens is 2. The first-order chi connectivity index (χ1) is 14.1. The first kappa shape index (κ1) is 18.7. The minimum absolute atomic E-state index is 0.111. The van der Waals surface area contributed by atoms with Crippen LogP contribution in [0.2, 0.25) is 0 Å². The maximum Gasteiger partial charge on any atom is 0.253 e. The fraction of sp³-hybridized carbons (Fsp3) is 0.120. The van der Waals surface area contributed by atoms with Gasteiger partial charge in [0.05, 0.1) is 17.3 Å². The molecule has 4 aromatic rings. The van der Waals surface area contributed by atoms with E-state index in [1.165, 1.54) is 0 Å². The number of hydrogen-bond donors (Lipinski definition) is 1. The highest BCUT2D eigenvalue weighted by Gasteiger charge is 2.22. The Kier molecular flexibility index (Phi) is 5.25. The molecule has 0 saturated carbocycles. The Balaban J connectivity index is 1.69. The summed E-state index contributed by atoms with van der Waals surface area (Å²) < 4.78 is 2.10. The molecule has 0 fully saturated rings. The van der Waals surface area contributed by atoms with E-state index >= 15 is 0 Å². The van der Waals surface area contributed by atoms with Crippen LogP contribution in [0.15, 0.2) is 91.1 Å². The molecule has 2 heterocycles. The summed E-state index contributed by atoms with van der Waals surface area (Å²) >= 11 is 0. The maximum absolute atomic E-state index is 13.3. The van der Waals surface area contributed by atoms with Gasteiger partial charge in [-0.05, 0) is 49.7 Å². The van der Waals surface area contributed by atoms with Crippen molar-refractivity contribution in [2.75, 3.05) is 0 Å². The Morgan fingerprint density at radius 2 is 1.55 bits per heavy atom. The number of carbonyl (C=O) groups is 1. The molecular weight excluding hydrogens is 358 g/mol. The van der Waals surface area contributed by atoms with Crippen LogP contribution in [-0.4, -0.2) is 15.5 Å². The largest absolute Gasteiger partial charge is 0.339 e. The van der Waals surface area contributed by atoms with Gasteiger partial charge in [0.1, 0.15) is 0 Å². The molecule has 29 heavy (non-hydrogen) atoms. The van der Waals surface area contributed by atoms with Gasteiger partial charge in [-0.3, -0.25) is 9.78 Å². The second-order valence-electron chi connectivity index (χ2n) is 7.03. The lowest BCUT2D eigenvalue weighted by atomic mass is 10.0. The number of amides is 1. The minimum Gasteiger partial charge on any atom is -0.339 e. The molecule has 4 rings (SSSR count). The van der Waals surface area contributed by atoms with Crippen molar-refractivity contribution < 1.29 is 4.79 Å². The first-order valence-electron chi connectivity index (χ1n) is 9.66. The van der Waals surface area contributed by atoms with E-state index in [2.05, 4.69) is 14.9 Å². The van der Waals surface area contributed by atoms with Crippen LogP contribution in [0.5, 0.6) is 0 Å². The first-order valence-corrected chi connectivity index (χ1v) is 9.66. The predicted molar refractivity (Wildman–Crippen MR) is 115 cm³/mol. The molecule has 0 bridgehead atoms. The molecule has 4 heteroatoms. The van der Waals surface area contributed by atoms with Gasteiger partial charge in [0.25, 0.3) is 5.91 Å². The lowest BCUT2D eigenvalue weighted by molar-refractivity contribution is 0.0941. The van der Waals surface area contributed by atoms with Crippen molar-refractivity contribution in [2.45, 2.75) is 19.9 Å². The van der Waals surface area contributed by atoms with Gasteiger partial charge in [-0.25, -0.2) is 0 Å². The molecule has 0 aliphatic rings. The zero-order valence-electron chi connectivity index (χ0n) is 16.5. The van der Waals surface area contributed by atoms with Crippen molar-refractivity contribution in [1.82, 2.24) is 14.9 Å². The Morgan fingerprint density at radius 3 is 2.21 bits per heavy atom. The third kappa shape index (κ3) is 3.83. The van der Waals surface area contributed by atoms with Crippen molar-refractivity contribution >= 4 is 5.91 Å². The average molecular weight is 381 g/mol. The molecule has 0 radical (unpaired) electrons. The Bertz CT molecular complexity index is 1060. The van der Waals surface area contributed by atoms with Crippen molar-refractivity contribution in [3.8, 4) is 5.69 Å². The second-order valence-corrected chi connectivity index (χ2v) is 7.03. The van der Waals surface area contributed by atoms with E-state index < -0.39 is 0 Å². The van der Waals surface area contributed by atoms with Crippen molar-refractivity contribution in [1.29, 1.82) is 0 Å². The summed E-state index contributed by atoms with van der Waals surface area (Å²) in [6.07, 6.45) is 1.75. The molecule has 0 aliphatic carbocycles. The normalized spacial score (nSPS) is 11.8. The summed E-state index contributed by atoms with van der Waals surface area (Å²) in [6.45, 7) is 4.00. The lowest BCUT2D eigenvalue weighted by Gasteiger charge is -2.19. The zero-order valence-corrected chi connectivity index (χ0v) is 16.5. The minimum atomic E-state index is -0.315. The summed E-state index contributed by atoms with van der Waals surface area (Å²) in [6, 6.07) is 27.4. The maximum atomic E-state index is 13.3. The van der Waals surface area contributed by atoms with Gasteiger partial charge in [0.2, 0.25) is 0 Å². The van der Waals surface area contributed by atoms with Gasteiger partial charge in [0.15, 0.2) is 0 Å². The molecular formula is C25H23N3O. The van der Waals surface area contributed by atoms with Gasteiger partial charge in [-0.1, -0.05) is 54.6 Å². The van der Waals surface area contributed by atoms with E-state index in [0.717, 1.165) is 28.3 Å². The van der Waals surface area contributed by atoms with E-state index in [1.807, 2.05) is 98.8 Å². The van der Waals surface area contributed by atoms with Gasteiger partial charge < -0.3 is 9.88 Å². The number of hydrogen-bond acceptors (Lipinski definition) is 2. The molecule has 0 saturated heterocycles. The van der Waals surface area contributed by atoms with E-state index in [9.17, 15) is 4.79 Å². The summed E-state index contributed by atoms with van der Waals surface area (Å²) in [5.74, 6) is -0.111. The molecule has 1 amide bonds. The highest BCUT2D eigenvalue weighted by atomic mass is 16.1. The summed E-state index contributed by atoms with van der Waals surface area (Å²) in [4.78, 5) is 17.7. The number of nitrogens with zero attached hydrogens (tertiary/aromatic N) is 2. The number of pyridine rings is 1. The van der Waals surface area contributed by atoms with Crippen LogP contribution in [0, 0.1) is 13.8 Å². The summed E-state index contributed by atoms with van der Waals surface area (Å²) in [5, 5.41) is 3.18. The van der Waals surface area contributed by atoms with Gasteiger partial charge in [0, 0.05) is 23.3 Å². The standard InChI is InChI=1S/C25H23N3O/c1-18-17-22(19(2)28(18)21-13-7-4-8-14-21)25(29)27-24(20-11-5-3-6-12-20)23-15-9-10-16-26-23/h3-17,24H,1-2H3,(H,27,29). The van der Waals surface area contributed by atoms with Gasteiger partial charge >= 0.3 is 0 Å². The van der Waals surface area contributed by atoms with Crippen molar-refractivity contribution in [3.63, 3.8) is 0 Å². The number of para-hydroxylation sites is 1. The highest BCUT2D eigenvalue weighted by molar-refractivity contribution is 5.96. The lowest BCUT2D eigenvalue weighted by Crippen LogP contribution is -2.30. The van der Waals surface area contributed by atoms with Crippen LogP contribution in [-0.2, 0) is 0 Å². The smallest absolute Gasteiger partial charge is 0.253 e. The Labute approximate surface area is 170 Å². The van der Waals surface area contributed by atoms with Crippen LogP contribution >= 0.6 is 0 Å². The molecule has 2 aromatic carbocycles. The second kappa shape index (κ2) is 8.15. The van der Waals surface area contributed by atoms with E-state index in [4.69, 9.17) is 0 Å². The van der Waals surface area contributed by atoms with Crippen LogP contribution < -0.4 is 5.32 Å². The zero-order chi connectivity index (χ0) is 20.2. The SMILES string of the molecule is Cc1cc(C(=O)NC(c2ccccc2)c2ccccn2)c(C)n1-c1ccccc1. The van der Waals surface area contributed by atoms with E-state index in [1.54, 1.807) is 6.20 Å². The van der Waals surface area contributed by atoms with Crippen LogP contribution in [0.1, 0.15) is 39.0 Å². The fourth-order valence-corrected chi connectivity index (χ4v) is 3.70. The van der Waals surface area contributed by atoms with Gasteiger partial charge in [-0.15, -0.1) is 0 Å². The number of rotatable bonds is 5. The van der Waals surface area contributed by atoms with Crippen molar-refractivity contribution in [2.24, 2.45) is 0 Å². The molecule has 144 valence electrons. The third-order valence-electron chi connectivity index (χ3n) is 5.08. The summed E-state index contributed by atoms with van der Waals surface area (Å²) in [7, 11) is 0. The number of carbonyl (C=O) groups excluding carboxylic acids is 1. The highest BCUT2D eigenvalue weighted by Crippen LogP contribution is 2.24. The van der Waals surface area contributed by atoms with E-state index in [0.29, 0.717) is 5.56 Å². The van der Waals surface area contributed by atoms with Crippen LogP contribution in [0.4, 0.5) is 0 Å². The monoisotopic (exact) mass is 381 g/mol. The molecule has 1 atom stereocenters. The molecule has 0 spiro atoms. The van der Waals surface area contributed by atoms with Crippen molar-refractivity contribution in [3.05, 3.63) is 119 Å². The number of nitrogens with one attached hydrogen (secondary N) is 1. The van der Waals surface area contributed by atoms with E-state index in [-0.39, 0.29) is 11.9 Å². The summed E-state index contributed by atoms with van der Waals surface area (Å²) in [5.41, 5.74) is 5.46. The topological polar surface area (TPSA) is 46.9 Å². The average Bonchev–Trinajstić information content (AvgIpc) is 3.07. The molecule has 1 unspecified atom stereocenters. The van der Waals surface area contributed by atoms with Crippen LogP contribution in [0.3, 0.4) is 0 Å². The van der Waals surface area contributed by atoms with Crippen LogP contribution in [0.25, 0.3) is 5.69 Å². The Hall–Kier alpha value is -3.66. The molecule has 4 nitrogen and oxygen atoms in total. The number of aryl methyl sites for hydroxylation is 1. The van der Waals surface area contributed by atoms with Gasteiger partial charge in [-0.2, -0.15) is 0 Å². The fourth-order valence-electron chi connectivity index (χ4n) is 3.70. The third-order valence-corrected chi connectivity index (χ3v) is 5.08. The molecule has 1 N–H and O–H groups in total. The molecule has 2 aromatic heterocycles. The predicted octanol–water partition coefficient (Wildman–Crippen LogP) is 5.01. The molecule has 0 aliphatic heterocycles. The number of benzene rings is 2. The Morgan fingerprint density at radius 1 is 0.897 bits per heavy atom.